The van der Waals surface area contributed by atoms with Crippen LogP contribution in [0.4, 0.5) is 0 Å². The van der Waals surface area contributed by atoms with Gasteiger partial charge in [0.05, 0.1) is 0 Å². The molecule has 0 aromatic heterocycles. The zero-order valence-electron chi connectivity index (χ0n) is 14.4. The van der Waals surface area contributed by atoms with Crippen LogP contribution in [0.3, 0.4) is 0 Å². The lowest BCUT2D eigenvalue weighted by Crippen LogP contribution is -2.15. The van der Waals surface area contributed by atoms with E-state index in [1.54, 1.807) is 0 Å². The van der Waals surface area contributed by atoms with Crippen molar-refractivity contribution >= 4 is 7.26 Å². The van der Waals surface area contributed by atoms with Crippen molar-refractivity contribution in [2.75, 3.05) is 0 Å². The molecule has 1 rings (SSSR count). The summed E-state index contributed by atoms with van der Waals surface area (Å²) in [5.74, 6) is 0.826. The van der Waals surface area contributed by atoms with Gasteiger partial charge in [-0.05, 0) is 53.4 Å². The van der Waals surface area contributed by atoms with Crippen molar-refractivity contribution < 1.29 is 0 Å². The third-order valence-electron chi connectivity index (χ3n) is 5.08. The number of hydrogen-bond acceptors (Lipinski definition) is 0. The highest BCUT2D eigenvalue weighted by Gasteiger charge is 2.35. The second-order valence-electron chi connectivity index (χ2n) is 7.27. The molecule has 1 aliphatic carbocycles. The Labute approximate surface area is 128 Å². The van der Waals surface area contributed by atoms with Crippen LogP contribution >= 0.6 is 7.26 Å². The fourth-order valence-corrected chi connectivity index (χ4v) is 6.75. The lowest BCUT2D eigenvalue weighted by Gasteiger charge is -2.39. The summed E-state index contributed by atoms with van der Waals surface area (Å²) in [5.41, 5.74) is 2.83. The monoisotopic (exact) mass is 294 g/mol. The molecule has 0 aromatic rings. The number of hydrogen-bond donors (Lipinski definition) is 0. The molecule has 1 heteroatoms. The topological polar surface area (TPSA) is 0 Å². The molecule has 116 valence electrons. The van der Waals surface area contributed by atoms with E-state index in [0.29, 0.717) is 11.3 Å². The lowest BCUT2D eigenvalue weighted by atomic mass is 9.88. The maximum Gasteiger partial charge on any atom is 0.0421 e. The first-order valence-corrected chi connectivity index (χ1v) is 10.5. The third-order valence-corrected chi connectivity index (χ3v) is 10.1. The van der Waals surface area contributed by atoms with Gasteiger partial charge in [0.25, 0.3) is 0 Å². The summed E-state index contributed by atoms with van der Waals surface area (Å²) in [7, 11) is -1.30. The van der Waals surface area contributed by atoms with E-state index in [4.69, 9.17) is 0 Å². The summed E-state index contributed by atoms with van der Waals surface area (Å²) >= 11 is 0. The van der Waals surface area contributed by atoms with Crippen molar-refractivity contribution in [3.8, 4) is 0 Å². The molecule has 0 saturated heterocycles. The average Bonchev–Trinajstić information content (AvgIpc) is 2.37. The molecule has 1 fully saturated rings. The van der Waals surface area contributed by atoms with E-state index >= 15 is 0 Å². The summed E-state index contributed by atoms with van der Waals surface area (Å²) in [6.45, 7) is 20.7. The van der Waals surface area contributed by atoms with Gasteiger partial charge in [0.1, 0.15) is 0 Å². The molecule has 0 spiro atoms. The van der Waals surface area contributed by atoms with E-state index in [9.17, 15) is 0 Å². The van der Waals surface area contributed by atoms with Crippen molar-refractivity contribution in [2.24, 2.45) is 5.92 Å². The summed E-state index contributed by atoms with van der Waals surface area (Å²) in [6, 6.07) is 0. The Kier molecular flexibility index (Phi) is 6.99. The van der Waals surface area contributed by atoms with Crippen LogP contribution < -0.4 is 0 Å². The molecular weight excluding hydrogens is 259 g/mol. The summed E-state index contributed by atoms with van der Waals surface area (Å²) in [6.07, 6.45) is 10.7. The van der Waals surface area contributed by atoms with Crippen LogP contribution in [-0.4, -0.2) is 11.3 Å². The van der Waals surface area contributed by atoms with Crippen molar-refractivity contribution in [1.29, 1.82) is 0 Å². The van der Waals surface area contributed by atoms with Gasteiger partial charge in [0.15, 0.2) is 0 Å². The van der Waals surface area contributed by atoms with Gasteiger partial charge >= 0.3 is 0 Å². The Balaban J connectivity index is 2.70. The minimum absolute atomic E-state index is 0.650. The first-order chi connectivity index (χ1) is 9.28. The second kappa shape index (κ2) is 7.79. The average molecular weight is 294 g/mol. The Morgan fingerprint density at radius 2 is 1.65 bits per heavy atom. The molecule has 0 unspecified atom stereocenters. The van der Waals surface area contributed by atoms with Gasteiger partial charge in [-0.1, -0.05) is 44.8 Å². The van der Waals surface area contributed by atoms with Crippen LogP contribution in [0, 0.1) is 12.6 Å². The molecule has 0 aliphatic heterocycles. The van der Waals surface area contributed by atoms with E-state index in [2.05, 4.69) is 53.9 Å². The first kappa shape index (κ1) is 18.0. The van der Waals surface area contributed by atoms with E-state index in [1.807, 2.05) is 0 Å². The molecule has 0 N–H and O–H groups in total. The van der Waals surface area contributed by atoms with Crippen LogP contribution in [0.1, 0.15) is 73.1 Å². The largest absolute Gasteiger partial charge is 0.175 e. The molecular formula is C19H35P. The molecule has 0 atom stereocenters. The fourth-order valence-electron chi connectivity index (χ4n) is 3.56. The quantitative estimate of drug-likeness (QED) is 0.280. The minimum Gasteiger partial charge on any atom is -0.175 e. The highest BCUT2D eigenvalue weighted by Crippen LogP contribution is 2.72. The Morgan fingerprint density at radius 1 is 1.15 bits per heavy atom. The van der Waals surface area contributed by atoms with Crippen molar-refractivity contribution in [3.63, 3.8) is 0 Å². The first-order valence-electron chi connectivity index (χ1n) is 8.36. The SMILES string of the molecule is C=C(C/C(C)=C/C1CCCCC1)[P+]([CH2-])(C(C)C)C(C)C. The normalized spacial score (nSPS) is 18.9. The summed E-state index contributed by atoms with van der Waals surface area (Å²) in [4.78, 5) is 0. The maximum absolute atomic E-state index is 4.65. The zero-order chi connectivity index (χ0) is 15.3. The number of allylic oxidation sites excluding steroid dienone is 3. The van der Waals surface area contributed by atoms with Crippen LogP contribution in [-0.2, 0) is 0 Å². The molecule has 0 amide bonds. The molecule has 0 heterocycles. The van der Waals surface area contributed by atoms with Gasteiger partial charge in [-0.3, -0.25) is 0 Å². The van der Waals surface area contributed by atoms with E-state index in [1.165, 1.54) is 43.0 Å². The van der Waals surface area contributed by atoms with E-state index < -0.39 is 7.26 Å². The molecule has 20 heavy (non-hydrogen) atoms. The Bertz CT molecular complexity index is 335. The van der Waals surface area contributed by atoms with Crippen LogP contribution in [0.5, 0.6) is 0 Å². The second-order valence-corrected chi connectivity index (χ2v) is 11.8. The van der Waals surface area contributed by atoms with E-state index in [-0.39, 0.29) is 0 Å². The summed E-state index contributed by atoms with van der Waals surface area (Å²) < 4.78 is 0. The fraction of sp³-hybridized carbons (Fsp3) is 0.737. The molecule has 0 aromatic carbocycles. The van der Waals surface area contributed by atoms with Gasteiger partial charge in [-0.25, -0.2) is 0 Å². The standard InChI is InChI=1S/C19H35P/c1-15(2)20(7,16(3)4)18(6)13-17(5)14-19-11-9-8-10-12-19/h14-16,19H,6-13H2,1-5H3/b17-14+. The molecule has 0 radical (unpaired) electrons. The van der Waals surface area contributed by atoms with Gasteiger partial charge in [-0.2, -0.15) is 6.66 Å². The number of rotatable bonds is 6. The van der Waals surface area contributed by atoms with Gasteiger partial charge < -0.3 is 0 Å². The molecule has 0 bridgehead atoms. The zero-order valence-corrected chi connectivity index (χ0v) is 15.3. The maximum atomic E-state index is 4.65. The van der Waals surface area contributed by atoms with Crippen molar-refractivity contribution in [3.05, 3.63) is 30.2 Å². The molecule has 1 aliphatic rings. The van der Waals surface area contributed by atoms with Gasteiger partial charge in [0, 0.05) is 23.1 Å². The smallest absolute Gasteiger partial charge is 0.0421 e. The van der Waals surface area contributed by atoms with Gasteiger partial charge in [-0.15, -0.1) is 0 Å². The van der Waals surface area contributed by atoms with Gasteiger partial charge in [0.2, 0.25) is 0 Å². The predicted molar refractivity (Wildman–Crippen MR) is 96.6 cm³/mol. The van der Waals surface area contributed by atoms with Crippen LogP contribution in [0.2, 0.25) is 0 Å². The highest BCUT2D eigenvalue weighted by atomic mass is 31.2. The third kappa shape index (κ3) is 4.45. The summed E-state index contributed by atoms with van der Waals surface area (Å²) in [5, 5.41) is 1.42. The highest BCUT2D eigenvalue weighted by molar-refractivity contribution is 7.82. The Hall–Kier alpha value is -0.0900. The molecule has 1 saturated carbocycles. The van der Waals surface area contributed by atoms with Crippen molar-refractivity contribution in [1.82, 2.24) is 0 Å². The molecule has 0 nitrogen and oxygen atoms in total. The van der Waals surface area contributed by atoms with Crippen LogP contribution in [0.15, 0.2) is 23.5 Å². The van der Waals surface area contributed by atoms with Crippen LogP contribution in [0.25, 0.3) is 0 Å². The van der Waals surface area contributed by atoms with Crippen molar-refractivity contribution in [2.45, 2.75) is 84.5 Å². The van der Waals surface area contributed by atoms with E-state index in [0.717, 1.165) is 12.3 Å². The lowest BCUT2D eigenvalue weighted by molar-refractivity contribution is 0.417. The Morgan fingerprint density at radius 3 is 2.10 bits per heavy atom. The minimum atomic E-state index is -1.30. The predicted octanol–water partition coefficient (Wildman–Crippen LogP) is 7.04.